The van der Waals surface area contributed by atoms with Crippen molar-refractivity contribution in [2.75, 3.05) is 19.8 Å². The number of carbonyl (C=O) groups excluding carboxylic acids is 2. The van der Waals surface area contributed by atoms with Crippen LogP contribution in [0.25, 0.3) is 0 Å². The Morgan fingerprint density at radius 3 is 1.11 bits per heavy atom. The van der Waals surface area contributed by atoms with Crippen molar-refractivity contribution >= 4 is 11.9 Å². The quantitative estimate of drug-likeness (QED) is 0.0346. The van der Waals surface area contributed by atoms with E-state index in [1.54, 1.807) is 0 Å². The summed E-state index contributed by atoms with van der Waals surface area (Å²) < 4.78 is 17.5. The van der Waals surface area contributed by atoms with Crippen molar-refractivity contribution in [1.29, 1.82) is 0 Å². The molecule has 0 saturated heterocycles. The van der Waals surface area contributed by atoms with Gasteiger partial charge in [0, 0.05) is 19.4 Å². The van der Waals surface area contributed by atoms with Crippen LogP contribution in [0.1, 0.15) is 290 Å². The molecule has 5 heteroatoms. The second kappa shape index (κ2) is 56.9. The van der Waals surface area contributed by atoms with Crippen LogP contribution in [0.15, 0.2) is 60.8 Å². The monoisotopic (exact) mass is 923 g/mol. The van der Waals surface area contributed by atoms with Crippen LogP contribution in [0.5, 0.6) is 0 Å². The molecule has 0 aliphatic carbocycles. The first-order valence-corrected chi connectivity index (χ1v) is 28.8. The molecule has 5 nitrogen and oxygen atoms in total. The van der Waals surface area contributed by atoms with E-state index in [4.69, 9.17) is 14.2 Å². The van der Waals surface area contributed by atoms with Crippen molar-refractivity contribution in [2.24, 2.45) is 0 Å². The summed E-state index contributed by atoms with van der Waals surface area (Å²) in [7, 11) is 0. The first-order valence-electron chi connectivity index (χ1n) is 28.8. The summed E-state index contributed by atoms with van der Waals surface area (Å²) in [4.78, 5) is 25.5. The number of hydrogen-bond donors (Lipinski definition) is 0. The van der Waals surface area contributed by atoms with E-state index < -0.39 is 6.10 Å². The van der Waals surface area contributed by atoms with E-state index in [0.717, 1.165) is 83.5 Å². The van der Waals surface area contributed by atoms with E-state index in [-0.39, 0.29) is 25.2 Å². The van der Waals surface area contributed by atoms with Crippen molar-refractivity contribution in [3.05, 3.63) is 60.8 Å². The van der Waals surface area contributed by atoms with E-state index in [1.165, 1.54) is 173 Å². The summed E-state index contributed by atoms with van der Waals surface area (Å²) in [5, 5.41) is 0. The van der Waals surface area contributed by atoms with Gasteiger partial charge < -0.3 is 14.2 Å². The molecule has 0 aromatic carbocycles. The molecule has 0 radical (unpaired) electrons. The van der Waals surface area contributed by atoms with Gasteiger partial charge in [0.25, 0.3) is 0 Å². The molecule has 0 fully saturated rings. The third kappa shape index (κ3) is 54.2. The molecule has 0 saturated carbocycles. The first kappa shape index (κ1) is 63.6. The van der Waals surface area contributed by atoms with E-state index >= 15 is 0 Å². The average molecular weight is 924 g/mol. The van der Waals surface area contributed by atoms with Crippen LogP contribution in [0.3, 0.4) is 0 Å². The van der Waals surface area contributed by atoms with Crippen molar-refractivity contribution < 1.29 is 23.8 Å². The Balaban J connectivity index is 4.26. The van der Waals surface area contributed by atoms with Gasteiger partial charge in [0.15, 0.2) is 6.10 Å². The molecule has 1 atom stereocenters. The van der Waals surface area contributed by atoms with Gasteiger partial charge in [-0.3, -0.25) is 9.59 Å². The zero-order valence-electron chi connectivity index (χ0n) is 44.2. The van der Waals surface area contributed by atoms with Crippen molar-refractivity contribution in [3.63, 3.8) is 0 Å². The highest BCUT2D eigenvalue weighted by molar-refractivity contribution is 5.70. The maximum Gasteiger partial charge on any atom is 0.306 e. The van der Waals surface area contributed by atoms with Crippen molar-refractivity contribution in [1.82, 2.24) is 0 Å². The summed E-state index contributed by atoms with van der Waals surface area (Å²) in [6.07, 6.45) is 72.4. The summed E-state index contributed by atoms with van der Waals surface area (Å²) in [5.74, 6) is -0.416. The van der Waals surface area contributed by atoms with Gasteiger partial charge >= 0.3 is 11.9 Å². The highest BCUT2D eigenvalue weighted by Crippen LogP contribution is 2.16. The van der Waals surface area contributed by atoms with E-state index in [1.807, 2.05) is 0 Å². The molecule has 0 aromatic rings. The maximum absolute atomic E-state index is 12.8. The minimum absolute atomic E-state index is 0.0745. The highest BCUT2D eigenvalue weighted by atomic mass is 16.6. The van der Waals surface area contributed by atoms with Gasteiger partial charge in [0.1, 0.15) is 6.61 Å². The lowest BCUT2D eigenvalue weighted by Crippen LogP contribution is -2.30. The second-order valence-electron chi connectivity index (χ2n) is 19.2. The number of rotatable bonds is 53. The molecule has 0 aliphatic rings. The van der Waals surface area contributed by atoms with Gasteiger partial charge in [-0.05, 0) is 83.5 Å². The summed E-state index contributed by atoms with van der Waals surface area (Å²) in [5.41, 5.74) is 0. The van der Waals surface area contributed by atoms with Crippen LogP contribution in [0.4, 0.5) is 0 Å². The third-order valence-corrected chi connectivity index (χ3v) is 12.5. The van der Waals surface area contributed by atoms with Gasteiger partial charge in [-0.2, -0.15) is 0 Å². The van der Waals surface area contributed by atoms with E-state index in [9.17, 15) is 9.59 Å². The zero-order valence-corrected chi connectivity index (χ0v) is 44.2. The Morgan fingerprint density at radius 1 is 0.333 bits per heavy atom. The Morgan fingerprint density at radius 2 is 0.667 bits per heavy atom. The van der Waals surface area contributed by atoms with Gasteiger partial charge in [-0.25, -0.2) is 0 Å². The summed E-state index contributed by atoms with van der Waals surface area (Å²) in [6, 6.07) is 0. The Hall–Kier alpha value is -2.40. The van der Waals surface area contributed by atoms with Crippen LogP contribution < -0.4 is 0 Å². The van der Waals surface area contributed by atoms with Crippen LogP contribution in [-0.4, -0.2) is 37.9 Å². The molecule has 0 bridgehead atoms. The Kier molecular flexibility index (Phi) is 54.9. The van der Waals surface area contributed by atoms with Crippen molar-refractivity contribution in [3.8, 4) is 0 Å². The van der Waals surface area contributed by atoms with E-state index in [0.29, 0.717) is 19.4 Å². The number of ether oxygens (including phenoxy) is 3. The minimum Gasteiger partial charge on any atom is -0.462 e. The zero-order chi connectivity index (χ0) is 47.7. The second-order valence-corrected chi connectivity index (χ2v) is 19.2. The summed E-state index contributed by atoms with van der Waals surface area (Å²) in [6.45, 7) is 7.75. The highest BCUT2D eigenvalue weighted by Gasteiger charge is 2.17. The molecule has 66 heavy (non-hydrogen) atoms. The van der Waals surface area contributed by atoms with Crippen LogP contribution in [0, 0.1) is 0 Å². The van der Waals surface area contributed by atoms with Gasteiger partial charge in [-0.1, -0.05) is 255 Å². The largest absolute Gasteiger partial charge is 0.462 e. The fourth-order valence-corrected chi connectivity index (χ4v) is 8.20. The van der Waals surface area contributed by atoms with E-state index in [2.05, 4.69) is 81.5 Å². The van der Waals surface area contributed by atoms with Crippen LogP contribution in [-0.2, 0) is 23.8 Å². The van der Waals surface area contributed by atoms with Gasteiger partial charge in [-0.15, -0.1) is 0 Å². The van der Waals surface area contributed by atoms with Crippen molar-refractivity contribution in [2.45, 2.75) is 297 Å². The number of carbonyl (C=O) groups is 2. The molecule has 0 aromatic heterocycles. The lowest BCUT2D eigenvalue weighted by Gasteiger charge is -2.18. The van der Waals surface area contributed by atoms with Gasteiger partial charge in [0.05, 0.1) is 6.61 Å². The smallest absolute Gasteiger partial charge is 0.306 e. The standard InChI is InChI=1S/C61H110O5/c1-4-7-10-13-16-19-22-25-27-29-31-32-34-37-39-42-45-48-51-54-60(62)65-58-59(66-61(63)55-52-49-46-43-40-36-24-21-18-15-12-9-6-3)57-64-56-53-50-47-44-41-38-35-33-30-28-26-23-20-17-14-11-8-5-2/h12,15-16,19,21,24-25,27,31-32,59H,4-11,13-14,17-18,20,22-23,26,28-30,33-58H2,1-3H3/b15-12-,19-16-,24-21-,27-25-,32-31-. The predicted octanol–water partition coefficient (Wildman–Crippen LogP) is 19.7. The summed E-state index contributed by atoms with van der Waals surface area (Å²) >= 11 is 0. The lowest BCUT2D eigenvalue weighted by molar-refractivity contribution is -0.163. The molecule has 0 N–H and O–H groups in total. The average Bonchev–Trinajstić information content (AvgIpc) is 3.32. The fourth-order valence-electron chi connectivity index (χ4n) is 8.20. The van der Waals surface area contributed by atoms with Crippen LogP contribution >= 0.6 is 0 Å². The van der Waals surface area contributed by atoms with Gasteiger partial charge in [0.2, 0.25) is 0 Å². The Labute approximate surface area is 411 Å². The Bertz CT molecular complexity index is 1130. The molecule has 0 amide bonds. The topological polar surface area (TPSA) is 61.8 Å². The lowest BCUT2D eigenvalue weighted by atomic mass is 10.0. The number of esters is 2. The molecule has 0 heterocycles. The SMILES string of the molecule is CCC/C=C\C/C=C\CCCCCCCC(=O)OC(COCCCCCCCCCCCCCCCCCCCC)COC(=O)CCCCCCCC/C=C\C/C=C\C/C=C\CCCCC. The minimum atomic E-state index is -0.548. The first-order chi connectivity index (χ1) is 32.6. The fraction of sp³-hybridized carbons (Fsp3) is 0.803. The molecule has 1 unspecified atom stereocenters. The molecular formula is C61H110O5. The molecule has 0 rings (SSSR count). The maximum atomic E-state index is 12.8. The number of allylic oxidation sites excluding steroid dienone is 10. The number of hydrogen-bond acceptors (Lipinski definition) is 5. The molecular weight excluding hydrogens is 813 g/mol. The molecule has 0 aliphatic heterocycles. The third-order valence-electron chi connectivity index (χ3n) is 12.5. The number of unbranched alkanes of at least 4 members (excludes halogenated alkanes) is 32. The molecule has 384 valence electrons. The van der Waals surface area contributed by atoms with Crippen LogP contribution in [0.2, 0.25) is 0 Å². The molecule has 0 spiro atoms. The normalized spacial score (nSPS) is 12.6. The predicted molar refractivity (Wildman–Crippen MR) is 288 cm³/mol.